The van der Waals surface area contributed by atoms with Crippen molar-refractivity contribution in [2.45, 2.75) is 51.0 Å². The summed E-state index contributed by atoms with van der Waals surface area (Å²) < 4.78 is 31.8. The number of piperidine rings is 1. The van der Waals surface area contributed by atoms with Crippen molar-refractivity contribution in [2.75, 3.05) is 19.6 Å². The third kappa shape index (κ3) is 6.70. The molecule has 0 spiro atoms. The lowest BCUT2D eigenvalue weighted by atomic mass is 9.97. The van der Waals surface area contributed by atoms with Gasteiger partial charge in [0.05, 0.1) is 4.90 Å². The first kappa shape index (κ1) is 22.0. The van der Waals surface area contributed by atoms with Gasteiger partial charge in [0.1, 0.15) is 5.60 Å². The largest absolute Gasteiger partial charge is 0.444 e. The highest BCUT2D eigenvalue weighted by Gasteiger charge is 2.27. The van der Waals surface area contributed by atoms with Crippen LogP contribution in [0.5, 0.6) is 0 Å². The van der Waals surface area contributed by atoms with E-state index >= 15 is 0 Å². The molecule has 156 valence electrons. The van der Waals surface area contributed by atoms with Crippen molar-refractivity contribution in [3.8, 4) is 0 Å². The maximum atomic E-state index is 12.2. The second kappa shape index (κ2) is 8.81. The number of ether oxygens (including phenoxy) is 1. The van der Waals surface area contributed by atoms with E-state index in [4.69, 9.17) is 4.74 Å². The van der Waals surface area contributed by atoms with Crippen molar-refractivity contribution in [3.63, 3.8) is 0 Å². The van der Waals surface area contributed by atoms with Crippen molar-refractivity contribution in [2.24, 2.45) is 5.92 Å². The lowest BCUT2D eigenvalue weighted by molar-refractivity contribution is 0.0184. The van der Waals surface area contributed by atoms with Gasteiger partial charge in [-0.15, -0.1) is 0 Å². The Bertz CT molecular complexity index is 792. The SMILES string of the molecule is Cc1ccc(S(=O)(=O)NC(=O)NCC2CCN(C(=O)OC(C)(C)C)CC2)cc1. The minimum Gasteiger partial charge on any atom is -0.444 e. The first-order valence-electron chi connectivity index (χ1n) is 9.31. The summed E-state index contributed by atoms with van der Waals surface area (Å²) in [4.78, 5) is 25.7. The Morgan fingerprint density at radius 3 is 2.25 bits per heavy atom. The first-order chi connectivity index (χ1) is 13.0. The van der Waals surface area contributed by atoms with Crippen molar-refractivity contribution < 1.29 is 22.7 Å². The highest BCUT2D eigenvalue weighted by molar-refractivity contribution is 7.90. The molecule has 0 saturated carbocycles. The number of carbonyl (C=O) groups is 2. The van der Waals surface area contributed by atoms with Gasteiger partial charge in [0, 0.05) is 19.6 Å². The number of rotatable bonds is 4. The zero-order chi connectivity index (χ0) is 20.9. The molecule has 0 radical (unpaired) electrons. The maximum Gasteiger partial charge on any atom is 0.410 e. The van der Waals surface area contributed by atoms with Crippen LogP contribution < -0.4 is 10.0 Å². The number of urea groups is 1. The molecule has 1 heterocycles. The molecule has 2 N–H and O–H groups in total. The Morgan fingerprint density at radius 1 is 1.14 bits per heavy atom. The van der Waals surface area contributed by atoms with Crippen molar-refractivity contribution in [3.05, 3.63) is 29.8 Å². The molecule has 28 heavy (non-hydrogen) atoms. The summed E-state index contributed by atoms with van der Waals surface area (Å²) in [5.74, 6) is 0.173. The molecule has 8 nitrogen and oxygen atoms in total. The molecule has 3 amide bonds. The van der Waals surface area contributed by atoms with Crippen LogP contribution in [0, 0.1) is 12.8 Å². The molecule has 1 fully saturated rings. The van der Waals surface area contributed by atoms with E-state index < -0.39 is 21.7 Å². The van der Waals surface area contributed by atoms with Crippen molar-refractivity contribution >= 4 is 22.1 Å². The van der Waals surface area contributed by atoms with Gasteiger partial charge in [-0.05, 0) is 58.6 Å². The topological polar surface area (TPSA) is 105 Å². The number of likely N-dealkylation sites (tertiary alicyclic amines) is 1. The number of nitrogens with one attached hydrogen (secondary N) is 2. The summed E-state index contributed by atoms with van der Waals surface area (Å²) in [6.07, 6.45) is 1.09. The highest BCUT2D eigenvalue weighted by atomic mass is 32.2. The van der Waals surface area contributed by atoms with Crippen LogP contribution in [-0.4, -0.2) is 50.7 Å². The number of aryl methyl sites for hydroxylation is 1. The normalized spacial score (nSPS) is 15.8. The monoisotopic (exact) mass is 411 g/mol. The van der Waals surface area contributed by atoms with Crippen LogP contribution in [0.1, 0.15) is 39.2 Å². The molecule has 1 saturated heterocycles. The number of hydrogen-bond acceptors (Lipinski definition) is 5. The Labute approximate surface area is 166 Å². The number of nitrogens with zero attached hydrogens (tertiary/aromatic N) is 1. The van der Waals surface area contributed by atoms with E-state index in [2.05, 4.69) is 5.32 Å². The molecular formula is C19H29N3O5S. The number of sulfonamides is 1. The highest BCUT2D eigenvalue weighted by Crippen LogP contribution is 2.19. The molecule has 0 unspecified atom stereocenters. The molecule has 1 aliphatic rings. The second-order valence-electron chi connectivity index (χ2n) is 8.04. The summed E-state index contributed by atoms with van der Waals surface area (Å²) in [6.45, 7) is 8.76. The standard InChI is InChI=1S/C19H29N3O5S/c1-14-5-7-16(8-6-14)28(25,26)21-17(23)20-13-15-9-11-22(12-10-15)18(24)27-19(2,3)4/h5-8,15H,9-13H2,1-4H3,(H2,20,21,23). The van der Waals surface area contributed by atoms with Crippen molar-refractivity contribution in [1.29, 1.82) is 0 Å². The summed E-state index contributed by atoms with van der Waals surface area (Å²) in [6, 6.07) is 5.50. The number of carbonyl (C=O) groups excluding carboxylic acids is 2. The molecule has 1 aromatic rings. The fourth-order valence-electron chi connectivity index (χ4n) is 2.82. The van der Waals surface area contributed by atoms with E-state index in [1.54, 1.807) is 17.0 Å². The van der Waals surface area contributed by atoms with E-state index in [-0.39, 0.29) is 16.9 Å². The smallest absolute Gasteiger partial charge is 0.410 e. The number of amides is 3. The summed E-state index contributed by atoms with van der Waals surface area (Å²) in [5, 5.41) is 2.61. The van der Waals surface area contributed by atoms with Gasteiger partial charge in [0.2, 0.25) is 0 Å². The number of hydrogen-bond donors (Lipinski definition) is 2. The molecule has 9 heteroatoms. The molecular weight excluding hydrogens is 382 g/mol. The van der Waals surface area contributed by atoms with Gasteiger partial charge in [0.25, 0.3) is 10.0 Å². The van der Waals surface area contributed by atoms with E-state index in [0.29, 0.717) is 32.5 Å². The Balaban J connectivity index is 1.77. The fraction of sp³-hybridized carbons (Fsp3) is 0.579. The predicted molar refractivity (Wildman–Crippen MR) is 105 cm³/mol. The fourth-order valence-corrected chi connectivity index (χ4v) is 3.75. The number of benzene rings is 1. The molecule has 0 bridgehead atoms. The first-order valence-corrected chi connectivity index (χ1v) is 10.8. The van der Waals surface area contributed by atoms with Crippen LogP contribution in [0.15, 0.2) is 29.2 Å². The van der Waals surface area contributed by atoms with E-state index in [0.717, 1.165) is 5.56 Å². The molecule has 1 aromatic carbocycles. The van der Waals surface area contributed by atoms with E-state index in [1.807, 2.05) is 32.4 Å². The van der Waals surface area contributed by atoms with Gasteiger partial charge < -0.3 is 15.0 Å². The lowest BCUT2D eigenvalue weighted by Gasteiger charge is -2.33. The average Bonchev–Trinajstić information content (AvgIpc) is 2.59. The van der Waals surface area contributed by atoms with Crippen LogP contribution in [0.4, 0.5) is 9.59 Å². The Morgan fingerprint density at radius 2 is 1.71 bits per heavy atom. The summed E-state index contributed by atoms with van der Waals surface area (Å²) >= 11 is 0. The molecule has 0 aliphatic carbocycles. The zero-order valence-electron chi connectivity index (χ0n) is 16.8. The third-order valence-electron chi connectivity index (χ3n) is 4.38. The summed E-state index contributed by atoms with van der Waals surface area (Å²) in [5.41, 5.74) is 0.400. The summed E-state index contributed by atoms with van der Waals surface area (Å²) in [7, 11) is -3.90. The van der Waals surface area contributed by atoms with Gasteiger partial charge in [-0.25, -0.2) is 22.7 Å². The lowest BCUT2D eigenvalue weighted by Crippen LogP contribution is -2.45. The molecule has 0 atom stereocenters. The maximum absolute atomic E-state index is 12.2. The third-order valence-corrected chi connectivity index (χ3v) is 5.72. The predicted octanol–water partition coefficient (Wildman–Crippen LogP) is 2.63. The van der Waals surface area contributed by atoms with E-state index in [1.165, 1.54) is 12.1 Å². The van der Waals surface area contributed by atoms with Gasteiger partial charge >= 0.3 is 12.1 Å². The minimum atomic E-state index is -3.90. The van der Waals surface area contributed by atoms with Crippen LogP contribution in [0.25, 0.3) is 0 Å². The van der Waals surface area contributed by atoms with Gasteiger partial charge in [-0.1, -0.05) is 17.7 Å². The van der Waals surface area contributed by atoms with Gasteiger partial charge in [0.15, 0.2) is 0 Å². The van der Waals surface area contributed by atoms with Crippen LogP contribution >= 0.6 is 0 Å². The van der Waals surface area contributed by atoms with Crippen LogP contribution in [0.2, 0.25) is 0 Å². The van der Waals surface area contributed by atoms with E-state index in [9.17, 15) is 18.0 Å². The molecule has 0 aromatic heterocycles. The Kier molecular flexibility index (Phi) is 6.92. The van der Waals surface area contributed by atoms with Crippen molar-refractivity contribution in [1.82, 2.24) is 14.9 Å². The average molecular weight is 412 g/mol. The van der Waals surface area contributed by atoms with Crippen LogP contribution in [0.3, 0.4) is 0 Å². The molecule has 1 aliphatic heterocycles. The second-order valence-corrected chi connectivity index (χ2v) is 9.72. The van der Waals surface area contributed by atoms with Crippen LogP contribution in [-0.2, 0) is 14.8 Å². The quantitative estimate of drug-likeness (QED) is 0.792. The molecule has 2 rings (SSSR count). The Hall–Kier alpha value is -2.29. The van der Waals surface area contributed by atoms with Gasteiger partial charge in [-0.2, -0.15) is 0 Å². The zero-order valence-corrected chi connectivity index (χ0v) is 17.6. The minimum absolute atomic E-state index is 0.0407. The van der Waals surface area contributed by atoms with Gasteiger partial charge in [-0.3, -0.25) is 0 Å².